The van der Waals surface area contributed by atoms with Gasteiger partial charge in [-0.25, -0.2) is 0 Å². The van der Waals surface area contributed by atoms with Gasteiger partial charge in [0.05, 0.1) is 15.5 Å². The quantitative estimate of drug-likeness (QED) is 0.387. The lowest BCUT2D eigenvalue weighted by Gasteiger charge is -2.20. The Morgan fingerprint density at radius 2 is 1.65 bits per heavy atom. The van der Waals surface area contributed by atoms with Crippen molar-refractivity contribution >= 4 is 33.6 Å². The predicted molar refractivity (Wildman–Crippen MR) is 83.0 cm³/mol. The highest BCUT2D eigenvalue weighted by Gasteiger charge is 2.40. The Morgan fingerprint density at radius 1 is 1.09 bits per heavy atom. The van der Waals surface area contributed by atoms with Crippen LogP contribution in [-0.4, -0.2) is 40.4 Å². The molecule has 11 heteroatoms. The first-order chi connectivity index (χ1) is 10.4. The van der Waals surface area contributed by atoms with Crippen LogP contribution >= 0.6 is 23.5 Å². The van der Waals surface area contributed by atoms with E-state index in [1.54, 1.807) is 6.92 Å². The molecule has 23 heavy (non-hydrogen) atoms. The molecular formula is C12H15F3O5S3. The van der Waals surface area contributed by atoms with Crippen molar-refractivity contribution < 1.29 is 36.4 Å². The van der Waals surface area contributed by atoms with E-state index in [9.17, 15) is 31.8 Å². The largest absolute Gasteiger partial charge is 0.506 e. The van der Waals surface area contributed by atoms with Crippen LogP contribution in [0.25, 0.3) is 0 Å². The van der Waals surface area contributed by atoms with E-state index in [0.717, 1.165) is 11.8 Å². The Morgan fingerprint density at radius 3 is 2.09 bits per heavy atom. The van der Waals surface area contributed by atoms with Gasteiger partial charge in [0.1, 0.15) is 17.1 Å². The van der Waals surface area contributed by atoms with Crippen LogP contribution in [0, 0.1) is 6.92 Å². The smallest absolute Gasteiger partial charge is 0.421 e. The molecule has 0 fully saturated rings. The topological polar surface area (TPSA) is 94.8 Å². The van der Waals surface area contributed by atoms with Crippen LogP contribution in [0.4, 0.5) is 13.2 Å². The maximum atomic E-state index is 13.2. The number of hydrogen-bond acceptors (Lipinski definition) is 6. The Bertz CT molecular complexity index is 686. The maximum Gasteiger partial charge on any atom is 0.421 e. The highest BCUT2D eigenvalue weighted by molar-refractivity contribution is 8.00. The first kappa shape index (κ1) is 20.3. The summed E-state index contributed by atoms with van der Waals surface area (Å²) in [6.07, 6.45) is -4.93. The maximum absolute atomic E-state index is 13.2. The molecule has 0 heterocycles. The molecule has 0 saturated carbocycles. The average Bonchev–Trinajstić information content (AvgIpc) is 2.37. The summed E-state index contributed by atoms with van der Waals surface area (Å²) >= 11 is 1.36. The van der Waals surface area contributed by atoms with Crippen molar-refractivity contribution in [2.75, 3.05) is 17.3 Å². The normalized spacial score (nSPS) is 12.6. The van der Waals surface area contributed by atoms with Gasteiger partial charge < -0.3 is 10.2 Å². The van der Waals surface area contributed by atoms with E-state index in [4.69, 9.17) is 4.55 Å². The molecule has 0 radical (unpaired) electrons. The van der Waals surface area contributed by atoms with Crippen molar-refractivity contribution in [3.8, 4) is 11.5 Å². The molecule has 1 rings (SSSR count). The monoisotopic (exact) mass is 392 g/mol. The van der Waals surface area contributed by atoms with Crippen LogP contribution in [0.5, 0.6) is 11.5 Å². The van der Waals surface area contributed by atoms with Crippen LogP contribution in [0.3, 0.4) is 0 Å². The Kier molecular flexibility index (Phi) is 6.53. The third kappa shape index (κ3) is 5.10. The van der Waals surface area contributed by atoms with E-state index in [0.29, 0.717) is 17.5 Å². The number of phenols is 2. The minimum Gasteiger partial charge on any atom is -0.506 e. The molecule has 0 aliphatic carbocycles. The molecule has 0 amide bonds. The van der Waals surface area contributed by atoms with Gasteiger partial charge in [-0.1, -0.05) is 6.92 Å². The summed E-state index contributed by atoms with van der Waals surface area (Å²) in [5.41, 5.74) is -1.33. The molecule has 5 nitrogen and oxygen atoms in total. The fourth-order valence-corrected chi connectivity index (χ4v) is 4.64. The molecule has 1 aromatic rings. The molecule has 0 saturated heterocycles. The van der Waals surface area contributed by atoms with Gasteiger partial charge in [-0.2, -0.15) is 21.6 Å². The second-order valence-electron chi connectivity index (χ2n) is 4.42. The molecule has 0 atom stereocenters. The van der Waals surface area contributed by atoms with Crippen LogP contribution < -0.4 is 0 Å². The molecule has 1 aromatic carbocycles. The summed E-state index contributed by atoms with van der Waals surface area (Å²) in [5, 5.41) is 20.0. The average molecular weight is 392 g/mol. The number of phenolic OH excluding ortho intramolecular Hbond substituents is 2. The van der Waals surface area contributed by atoms with Crippen molar-refractivity contribution in [3.05, 3.63) is 11.1 Å². The third-order valence-electron chi connectivity index (χ3n) is 2.75. The lowest BCUT2D eigenvalue weighted by atomic mass is 10.1. The molecule has 0 spiro atoms. The summed E-state index contributed by atoms with van der Waals surface area (Å²) in [5.74, 6) is -2.45. The van der Waals surface area contributed by atoms with E-state index in [1.165, 1.54) is 6.92 Å². The summed E-state index contributed by atoms with van der Waals surface area (Å²) in [7, 11) is -4.34. The standard InChI is InChI=1S/C12H15F3O5S3/c1-3-21-10-6(2)8(16)11(22-4-5-23(18,19)20)7(9(10)17)12(13,14)15/h16-17H,3-5H2,1-2H3,(H,18,19,20). The highest BCUT2D eigenvalue weighted by Crippen LogP contribution is 2.52. The minimum absolute atomic E-state index is 0.0727. The second kappa shape index (κ2) is 7.41. The Hall–Kier alpha value is -0.780. The number of hydrogen-bond donors (Lipinski definition) is 3. The lowest BCUT2D eigenvalue weighted by Crippen LogP contribution is -2.11. The molecule has 132 valence electrons. The lowest BCUT2D eigenvalue weighted by molar-refractivity contribution is -0.141. The first-order valence-corrected chi connectivity index (χ1v) is 9.84. The summed E-state index contributed by atoms with van der Waals surface area (Å²) in [6.45, 7) is 3.04. The summed E-state index contributed by atoms with van der Waals surface area (Å²) < 4.78 is 69.7. The van der Waals surface area contributed by atoms with Crippen molar-refractivity contribution in [2.24, 2.45) is 0 Å². The van der Waals surface area contributed by atoms with Gasteiger partial charge >= 0.3 is 6.18 Å². The number of rotatable bonds is 6. The van der Waals surface area contributed by atoms with Gasteiger partial charge in [-0.05, 0) is 12.7 Å². The van der Waals surface area contributed by atoms with E-state index < -0.39 is 49.8 Å². The fourth-order valence-electron chi connectivity index (χ4n) is 1.77. The molecule has 0 aliphatic rings. The van der Waals surface area contributed by atoms with E-state index in [-0.39, 0.29) is 10.5 Å². The Labute approximate surface area is 140 Å². The van der Waals surface area contributed by atoms with Gasteiger partial charge in [0.15, 0.2) is 0 Å². The van der Waals surface area contributed by atoms with Gasteiger partial charge in [0, 0.05) is 11.3 Å². The van der Waals surface area contributed by atoms with Crippen molar-refractivity contribution in [1.29, 1.82) is 0 Å². The molecule has 0 unspecified atom stereocenters. The zero-order chi connectivity index (χ0) is 18.0. The van der Waals surface area contributed by atoms with Gasteiger partial charge in [0.2, 0.25) is 0 Å². The highest BCUT2D eigenvalue weighted by atomic mass is 32.2. The molecule has 0 bridgehead atoms. The second-order valence-corrected chi connectivity index (χ2v) is 8.37. The zero-order valence-corrected chi connectivity index (χ0v) is 14.6. The molecule has 0 aromatic heterocycles. The van der Waals surface area contributed by atoms with Gasteiger partial charge in [-0.3, -0.25) is 4.55 Å². The minimum atomic E-state index is -4.93. The fraction of sp³-hybridized carbons (Fsp3) is 0.500. The third-order valence-corrected chi connectivity index (χ3v) is 5.90. The first-order valence-electron chi connectivity index (χ1n) is 6.26. The predicted octanol–water partition coefficient (Wildman–Crippen LogP) is 3.52. The Balaban J connectivity index is 3.43. The van der Waals surface area contributed by atoms with Crippen molar-refractivity contribution in [3.63, 3.8) is 0 Å². The van der Waals surface area contributed by atoms with Crippen molar-refractivity contribution in [2.45, 2.75) is 29.8 Å². The molecular weight excluding hydrogens is 377 g/mol. The van der Waals surface area contributed by atoms with Crippen LogP contribution in [0.15, 0.2) is 9.79 Å². The molecule has 0 aliphatic heterocycles. The number of aromatic hydroxyl groups is 2. The van der Waals surface area contributed by atoms with E-state index >= 15 is 0 Å². The summed E-state index contributed by atoms with van der Waals surface area (Å²) in [4.78, 5) is -0.729. The SMILES string of the molecule is CCSc1c(C)c(O)c(SCCS(=O)(=O)O)c(C(F)(F)F)c1O. The van der Waals surface area contributed by atoms with Crippen LogP contribution in [-0.2, 0) is 16.3 Å². The number of halogens is 3. The van der Waals surface area contributed by atoms with E-state index in [2.05, 4.69) is 0 Å². The number of thioether (sulfide) groups is 2. The number of alkyl halides is 3. The van der Waals surface area contributed by atoms with Gasteiger partial charge in [-0.15, -0.1) is 23.5 Å². The van der Waals surface area contributed by atoms with E-state index in [1.807, 2.05) is 0 Å². The van der Waals surface area contributed by atoms with Crippen LogP contribution in [0.2, 0.25) is 0 Å². The van der Waals surface area contributed by atoms with Crippen LogP contribution in [0.1, 0.15) is 18.1 Å². The number of benzene rings is 1. The zero-order valence-electron chi connectivity index (χ0n) is 12.1. The van der Waals surface area contributed by atoms with Gasteiger partial charge in [0.25, 0.3) is 10.1 Å². The molecule has 3 N–H and O–H groups in total. The summed E-state index contributed by atoms with van der Waals surface area (Å²) in [6, 6.07) is 0. The van der Waals surface area contributed by atoms with Crippen molar-refractivity contribution in [1.82, 2.24) is 0 Å².